The molecule has 15 heavy (non-hydrogen) atoms. The standard InChI is InChI=1S/C10H20N4O/c1-2-13(4-3-7-15)5-6-14-9-10(11)8-12-14/h8-9,15H,2-7,11H2,1H3. The Balaban J connectivity index is 2.27. The van der Waals surface area contributed by atoms with Gasteiger partial charge in [-0.2, -0.15) is 5.10 Å². The minimum Gasteiger partial charge on any atom is -0.396 e. The summed E-state index contributed by atoms with van der Waals surface area (Å²) in [7, 11) is 0. The molecule has 3 N–H and O–H groups in total. The first-order chi connectivity index (χ1) is 7.26. The van der Waals surface area contributed by atoms with Gasteiger partial charge in [0.25, 0.3) is 0 Å². The molecular weight excluding hydrogens is 192 g/mol. The van der Waals surface area contributed by atoms with Gasteiger partial charge in [-0.05, 0) is 13.0 Å². The van der Waals surface area contributed by atoms with Crippen molar-refractivity contribution >= 4 is 5.69 Å². The summed E-state index contributed by atoms with van der Waals surface area (Å²) in [6.45, 7) is 6.09. The Morgan fingerprint density at radius 1 is 1.53 bits per heavy atom. The summed E-state index contributed by atoms with van der Waals surface area (Å²) in [6.07, 6.45) is 4.32. The molecule has 0 spiro atoms. The second-order valence-corrected chi connectivity index (χ2v) is 3.55. The first kappa shape index (κ1) is 12.0. The molecule has 0 amide bonds. The number of nitrogens with zero attached hydrogens (tertiary/aromatic N) is 3. The maximum Gasteiger partial charge on any atom is 0.0719 e. The van der Waals surface area contributed by atoms with Crippen molar-refractivity contribution in [3.05, 3.63) is 12.4 Å². The lowest BCUT2D eigenvalue weighted by molar-refractivity contribution is 0.223. The summed E-state index contributed by atoms with van der Waals surface area (Å²) in [6, 6.07) is 0. The molecule has 0 radical (unpaired) electrons. The van der Waals surface area contributed by atoms with Gasteiger partial charge >= 0.3 is 0 Å². The lowest BCUT2D eigenvalue weighted by Crippen LogP contribution is -2.29. The van der Waals surface area contributed by atoms with Crippen LogP contribution < -0.4 is 5.73 Å². The van der Waals surface area contributed by atoms with Crippen LogP contribution in [-0.2, 0) is 6.54 Å². The first-order valence-corrected chi connectivity index (χ1v) is 5.37. The van der Waals surface area contributed by atoms with E-state index in [1.807, 2.05) is 10.9 Å². The molecule has 1 rings (SSSR count). The van der Waals surface area contributed by atoms with Crippen molar-refractivity contribution in [1.29, 1.82) is 0 Å². The first-order valence-electron chi connectivity index (χ1n) is 5.37. The van der Waals surface area contributed by atoms with Crippen LogP contribution in [0.4, 0.5) is 5.69 Å². The average molecular weight is 212 g/mol. The summed E-state index contributed by atoms with van der Waals surface area (Å²) >= 11 is 0. The quantitative estimate of drug-likeness (QED) is 0.676. The van der Waals surface area contributed by atoms with Crippen molar-refractivity contribution in [3.8, 4) is 0 Å². The molecule has 0 fully saturated rings. The predicted molar refractivity (Wildman–Crippen MR) is 60.5 cm³/mol. The molecule has 0 aliphatic rings. The Morgan fingerprint density at radius 3 is 2.87 bits per heavy atom. The number of anilines is 1. The Labute approximate surface area is 90.5 Å². The summed E-state index contributed by atoms with van der Waals surface area (Å²) in [5, 5.41) is 12.9. The number of hydrogen-bond donors (Lipinski definition) is 2. The van der Waals surface area contributed by atoms with Gasteiger partial charge in [0, 0.05) is 25.9 Å². The van der Waals surface area contributed by atoms with E-state index in [2.05, 4.69) is 16.9 Å². The average Bonchev–Trinajstić information content (AvgIpc) is 2.65. The van der Waals surface area contributed by atoms with Crippen molar-refractivity contribution in [3.63, 3.8) is 0 Å². The number of hydrogen-bond acceptors (Lipinski definition) is 4. The van der Waals surface area contributed by atoms with Gasteiger partial charge in [0.05, 0.1) is 18.4 Å². The van der Waals surface area contributed by atoms with Crippen molar-refractivity contribution < 1.29 is 5.11 Å². The molecule has 0 unspecified atom stereocenters. The highest BCUT2D eigenvalue weighted by Crippen LogP contribution is 1.99. The number of nitrogen functional groups attached to an aromatic ring is 1. The molecule has 0 bridgehead atoms. The summed E-state index contributed by atoms with van der Waals surface area (Å²) in [4.78, 5) is 2.29. The monoisotopic (exact) mass is 212 g/mol. The fourth-order valence-corrected chi connectivity index (χ4v) is 1.47. The van der Waals surface area contributed by atoms with Crippen LogP contribution in [-0.4, -0.2) is 46.0 Å². The highest BCUT2D eigenvalue weighted by atomic mass is 16.3. The normalized spacial score (nSPS) is 11.1. The fraction of sp³-hybridized carbons (Fsp3) is 0.700. The van der Waals surface area contributed by atoms with E-state index >= 15 is 0 Å². The molecule has 0 saturated carbocycles. The van der Waals surface area contributed by atoms with Crippen LogP contribution in [0.15, 0.2) is 12.4 Å². The third-order valence-corrected chi connectivity index (χ3v) is 2.38. The largest absolute Gasteiger partial charge is 0.396 e. The second-order valence-electron chi connectivity index (χ2n) is 3.55. The third kappa shape index (κ3) is 4.31. The van der Waals surface area contributed by atoms with Gasteiger partial charge in [-0.15, -0.1) is 0 Å². The number of aliphatic hydroxyl groups is 1. The van der Waals surface area contributed by atoms with Gasteiger partial charge in [0.1, 0.15) is 0 Å². The minimum absolute atomic E-state index is 0.255. The number of likely N-dealkylation sites (N-methyl/N-ethyl adjacent to an activating group) is 1. The zero-order valence-corrected chi connectivity index (χ0v) is 9.26. The minimum atomic E-state index is 0.255. The SMILES string of the molecule is CCN(CCCO)CCn1cc(N)cn1. The van der Waals surface area contributed by atoms with Crippen LogP contribution in [0.3, 0.4) is 0 Å². The van der Waals surface area contributed by atoms with Crippen molar-refractivity contribution in [2.24, 2.45) is 0 Å². The molecule has 5 heteroatoms. The molecule has 0 aliphatic heterocycles. The molecule has 0 aromatic carbocycles. The van der Waals surface area contributed by atoms with Gasteiger partial charge in [-0.1, -0.05) is 6.92 Å². The lowest BCUT2D eigenvalue weighted by atomic mass is 10.4. The summed E-state index contributed by atoms with van der Waals surface area (Å²) < 4.78 is 1.84. The van der Waals surface area contributed by atoms with Gasteiger partial charge in [-0.3, -0.25) is 4.68 Å². The van der Waals surface area contributed by atoms with Gasteiger partial charge in [0.2, 0.25) is 0 Å². The van der Waals surface area contributed by atoms with Gasteiger partial charge in [0.15, 0.2) is 0 Å². The predicted octanol–water partition coefficient (Wildman–Crippen LogP) is 0.170. The number of aromatic nitrogens is 2. The van der Waals surface area contributed by atoms with Crippen molar-refractivity contribution in [2.45, 2.75) is 19.9 Å². The van der Waals surface area contributed by atoms with Crippen LogP contribution in [0.2, 0.25) is 0 Å². The van der Waals surface area contributed by atoms with E-state index in [0.29, 0.717) is 5.69 Å². The topological polar surface area (TPSA) is 67.3 Å². The molecule has 0 saturated heterocycles. The maximum absolute atomic E-state index is 8.74. The molecule has 86 valence electrons. The zero-order valence-electron chi connectivity index (χ0n) is 9.26. The lowest BCUT2D eigenvalue weighted by Gasteiger charge is -2.19. The van der Waals surface area contributed by atoms with Crippen molar-refractivity contribution in [1.82, 2.24) is 14.7 Å². The van der Waals surface area contributed by atoms with Gasteiger partial charge in [-0.25, -0.2) is 0 Å². The zero-order chi connectivity index (χ0) is 11.1. The smallest absolute Gasteiger partial charge is 0.0719 e. The summed E-state index contributed by atoms with van der Waals surface area (Å²) in [5.41, 5.74) is 6.27. The van der Waals surface area contributed by atoms with Crippen LogP contribution in [0.25, 0.3) is 0 Å². The fourth-order valence-electron chi connectivity index (χ4n) is 1.47. The number of rotatable bonds is 7. The van der Waals surface area contributed by atoms with Crippen LogP contribution in [0, 0.1) is 0 Å². The second kappa shape index (κ2) is 6.42. The molecule has 1 heterocycles. The molecule has 1 aromatic heterocycles. The van der Waals surface area contributed by atoms with E-state index in [1.165, 1.54) is 0 Å². The Morgan fingerprint density at radius 2 is 2.33 bits per heavy atom. The number of nitrogens with two attached hydrogens (primary N) is 1. The highest BCUT2D eigenvalue weighted by Gasteiger charge is 2.02. The third-order valence-electron chi connectivity index (χ3n) is 2.38. The van der Waals surface area contributed by atoms with E-state index in [0.717, 1.165) is 32.6 Å². The van der Waals surface area contributed by atoms with Gasteiger partial charge < -0.3 is 15.7 Å². The van der Waals surface area contributed by atoms with E-state index < -0.39 is 0 Å². The Bertz CT molecular complexity index is 274. The number of aliphatic hydroxyl groups excluding tert-OH is 1. The molecular formula is C10H20N4O. The highest BCUT2D eigenvalue weighted by molar-refractivity contribution is 5.30. The van der Waals surface area contributed by atoms with E-state index in [9.17, 15) is 0 Å². The van der Waals surface area contributed by atoms with Crippen molar-refractivity contribution in [2.75, 3.05) is 32.0 Å². The van der Waals surface area contributed by atoms with Crippen LogP contribution in [0.1, 0.15) is 13.3 Å². The molecule has 0 atom stereocenters. The molecule has 0 aliphatic carbocycles. The molecule has 5 nitrogen and oxygen atoms in total. The Hall–Kier alpha value is -1.07. The summed E-state index contributed by atoms with van der Waals surface area (Å²) in [5.74, 6) is 0. The maximum atomic E-state index is 8.74. The van der Waals surface area contributed by atoms with Crippen LogP contribution in [0.5, 0.6) is 0 Å². The van der Waals surface area contributed by atoms with E-state index in [4.69, 9.17) is 10.8 Å². The van der Waals surface area contributed by atoms with Crippen LogP contribution >= 0.6 is 0 Å². The van der Waals surface area contributed by atoms with E-state index in [1.54, 1.807) is 6.20 Å². The Kier molecular flexibility index (Phi) is 5.14. The van der Waals surface area contributed by atoms with E-state index in [-0.39, 0.29) is 6.61 Å². The molecule has 1 aromatic rings.